The van der Waals surface area contributed by atoms with Crippen LogP contribution in [0.4, 0.5) is 0 Å². The summed E-state index contributed by atoms with van der Waals surface area (Å²) in [5.74, 6) is 1.31. The van der Waals surface area contributed by atoms with Gasteiger partial charge in [0.2, 0.25) is 0 Å². The predicted molar refractivity (Wildman–Crippen MR) is 55.5 cm³/mol. The summed E-state index contributed by atoms with van der Waals surface area (Å²) in [5.41, 5.74) is 1.24. The van der Waals surface area contributed by atoms with E-state index in [1.807, 2.05) is 18.0 Å². The Balaban J connectivity index is 2.27. The van der Waals surface area contributed by atoms with Gasteiger partial charge in [-0.2, -0.15) is 11.8 Å². The van der Waals surface area contributed by atoms with E-state index in [1.54, 1.807) is 0 Å². The van der Waals surface area contributed by atoms with Crippen molar-refractivity contribution in [3.63, 3.8) is 0 Å². The van der Waals surface area contributed by atoms with Gasteiger partial charge in [0.15, 0.2) is 0 Å². The largest absolute Gasteiger partial charge is 0.497 e. The average Bonchev–Trinajstić information content (AvgIpc) is 2.51. The van der Waals surface area contributed by atoms with Crippen molar-refractivity contribution < 1.29 is 4.74 Å². The van der Waals surface area contributed by atoms with E-state index >= 15 is 0 Å². The van der Waals surface area contributed by atoms with Gasteiger partial charge < -0.3 is 4.74 Å². The summed E-state index contributed by atoms with van der Waals surface area (Å²) in [6.07, 6.45) is 4.94. The first-order valence-corrected chi connectivity index (χ1v) is 5.65. The Labute approximate surface area is 79.6 Å². The van der Waals surface area contributed by atoms with Gasteiger partial charge in [0.25, 0.3) is 0 Å². The fraction of sp³-hybridized carbons (Fsp3) is 0.800. The van der Waals surface area contributed by atoms with Crippen molar-refractivity contribution in [2.75, 3.05) is 5.75 Å². The second-order valence-corrected chi connectivity index (χ2v) is 4.93. The van der Waals surface area contributed by atoms with Crippen LogP contribution >= 0.6 is 11.8 Å². The molecule has 2 unspecified atom stereocenters. The highest BCUT2D eigenvalue weighted by molar-refractivity contribution is 8.00. The van der Waals surface area contributed by atoms with Crippen LogP contribution in [0.15, 0.2) is 11.8 Å². The predicted octanol–water partition coefficient (Wildman–Crippen LogP) is 3.21. The van der Waals surface area contributed by atoms with Crippen molar-refractivity contribution >= 4 is 11.8 Å². The molecule has 2 heteroatoms. The van der Waals surface area contributed by atoms with Crippen molar-refractivity contribution in [1.29, 1.82) is 0 Å². The van der Waals surface area contributed by atoms with Crippen LogP contribution in [0.2, 0.25) is 0 Å². The number of ether oxygens (including phenoxy) is 1. The summed E-state index contributed by atoms with van der Waals surface area (Å²) < 4.78 is 5.60. The smallest absolute Gasteiger partial charge is 0.107 e. The molecule has 0 aromatic carbocycles. The van der Waals surface area contributed by atoms with Crippen molar-refractivity contribution in [2.45, 2.75) is 45.0 Å². The molecule has 0 spiro atoms. The van der Waals surface area contributed by atoms with Gasteiger partial charge in [0, 0.05) is 5.25 Å². The van der Waals surface area contributed by atoms with E-state index < -0.39 is 0 Å². The third-order valence-electron chi connectivity index (χ3n) is 2.01. The zero-order valence-electron chi connectivity index (χ0n) is 8.17. The summed E-state index contributed by atoms with van der Waals surface area (Å²) in [4.78, 5) is 0. The molecule has 1 rings (SSSR count). The van der Waals surface area contributed by atoms with E-state index in [0.29, 0.717) is 6.10 Å². The first kappa shape index (κ1) is 9.97. The molecule has 2 atom stereocenters. The maximum atomic E-state index is 5.60. The van der Waals surface area contributed by atoms with Gasteiger partial charge in [-0.15, -0.1) is 0 Å². The fourth-order valence-corrected chi connectivity index (χ4v) is 2.61. The van der Waals surface area contributed by atoms with Crippen LogP contribution in [0.25, 0.3) is 0 Å². The third-order valence-corrected chi connectivity index (χ3v) is 3.58. The lowest BCUT2D eigenvalue weighted by atomic mass is 10.2. The first-order chi connectivity index (χ1) is 5.70. The van der Waals surface area contributed by atoms with Crippen molar-refractivity contribution in [3.05, 3.63) is 11.8 Å². The van der Waals surface area contributed by atoms with E-state index in [0.717, 1.165) is 5.25 Å². The molecule has 0 radical (unpaired) electrons. The summed E-state index contributed by atoms with van der Waals surface area (Å²) in [5, 5.41) is 0.723. The highest BCUT2D eigenvalue weighted by atomic mass is 32.2. The van der Waals surface area contributed by atoms with E-state index in [9.17, 15) is 0 Å². The van der Waals surface area contributed by atoms with Gasteiger partial charge in [-0.05, 0) is 44.9 Å². The quantitative estimate of drug-likeness (QED) is 0.626. The minimum atomic E-state index is 0.382. The second kappa shape index (κ2) is 4.80. The van der Waals surface area contributed by atoms with Crippen LogP contribution in [-0.2, 0) is 4.74 Å². The minimum Gasteiger partial charge on any atom is -0.497 e. The van der Waals surface area contributed by atoms with E-state index in [-0.39, 0.29) is 0 Å². The van der Waals surface area contributed by atoms with Gasteiger partial charge in [-0.3, -0.25) is 0 Å². The van der Waals surface area contributed by atoms with Crippen LogP contribution in [0, 0.1) is 0 Å². The highest BCUT2D eigenvalue weighted by Crippen LogP contribution is 2.30. The number of allylic oxidation sites excluding steroid dienone is 1. The lowest BCUT2D eigenvalue weighted by Crippen LogP contribution is -2.18. The average molecular weight is 186 g/mol. The summed E-state index contributed by atoms with van der Waals surface area (Å²) in [7, 11) is 0. The van der Waals surface area contributed by atoms with Crippen LogP contribution in [0.1, 0.15) is 33.6 Å². The normalized spacial score (nSPS) is 25.1. The molecule has 1 aliphatic rings. The lowest BCUT2D eigenvalue weighted by molar-refractivity contribution is 0.155. The molecule has 1 nitrogen and oxygen atoms in total. The van der Waals surface area contributed by atoms with E-state index in [4.69, 9.17) is 4.74 Å². The monoisotopic (exact) mass is 186 g/mol. The molecule has 1 aliphatic heterocycles. The number of hydrogen-bond donors (Lipinski definition) is 0. The number of hydrogen-bond acceptors (Lipinski definition) is 2. The van der Waals surface area contributed by atoms with Crippen LogP contribution in [0.5, 0.6) is 0 Å². The molecule has 1 heterocycles. The van der Waals surface area contributed by atoms with Crippen LogP contribution in [-0.4, -0.2) is 17.1 Å². The van der Waals surface area contributed by atoms with Crippen molar-refractivity contribution in [3.8, 4) is 0 Å². The fourth-order valence-electron chi connectivity index (χ4n) is 1.30. The summed E-state index contributed by atoms with van der Waals surface area (Å²) in [6, 6.07) is 0. The molecule has 70 valence electrons. The molecule has 0 aromatic heterocycles. The van der Waals surface area contributed by atoms with Crippen molar-refractivity contribution in [2.24, 2.45) is 0 Å². The Bertz CT molecular complexity index is 155. The molecule has 1 saturated heterocycles. The topological polar surface area (TPSA) is 9.23 Å². The lowest BCUT2D eigenvalue weighted by Gasteiger charge is -2.17. The zero-order valence-corrected chi connectivity index (χ0v) is 8.99. The number of rotatable bonds is 3. The Morgan fingerprint density at radius 1 is 1.58 bits per heavy atom. The van der Waals surface area contributed by atoms with Crippen LogP contribution in [0.3, 0.4) is 0 Å². The van der Waals surface area contributed by atoms with Gasteiger partial charge in [-0.25, -0.2) is 0 Å². The molecule has 1 fully saturated rings. The van der Waals surface area contributed by atoms with Gasteiger partial charge >= 0.3 is 0 Å². The molecular weight excluding hydrogens is 168 g/mol. The first-order valence-electron chi connectivity index (χ1n) is 4.60. The van der Waals surface area contributed by atoms with Crippen molar-refractivity contribution in [1.82, 2.24) is 0 Å². The molecule has 12 heavy (non-hydrogen) atoms. The minimum absolute atomic E-state index is 0.382. The molecule has 0 bridgehead atoms. The molecule has 0 aromatic rings. The molecular formula is C10H18OS. The standard InChI is InChI=1S/C10H18OS/c1-8(2)7-11-9(3)10-5-4-6-12-10/h7,9-10H,4-6H2,1-3H3. The maximum absolute atomic E-state index is 5.60. The molecule has 0 aliphatic carbocycles. The van der Waals surface area contributed by atoms with Gasteiger partial charge in [0.05, 0.1) is 6.26 Å². The van der Waals surface area contributed by atoms with Crippen LogP contribution < -0.4 is 0 Å². The maximum Gasteiger partial charge on any atom is 0.107 e. The second-order valence-electron chi connectivity index (χ2n) is 3.59. The van der Waals surface area contributed by atoms with E-state index in [2.05, 4.69) is 20.8 Å². The molecule has 0 saturated carbocycles. The van der Waals surface area contributed by atoms with Gasteiger partial charge in [0.1, 0.15) is 6.10 Å². The molecule has 0 amide bonds. The Morgan fingerprint density at radius 3 is 2.83 bits per heavy atom. The Kier molecular flexibility index (Phi) is 3.99. The highest BCUT2D eigenvalue weighted by Gasteiger charge is 2.22. The Hall–Kier alpha value is -0.110. The Morgan fingerprint density at radius 2 is 2.33 bits per heavy atom. The van der Waals surface area contributed by atoms with E-state index in [1.165, 1.54) is 24.2 Å². The van der Waals surface area contributed by atoms with Gasteiger partial charge in [-0.1, -0.05) is 0 Å². The summed E-state index contributed by atoms with van der Waals surface area (Å²) >= 11 is 2.05. The number of thioether (sulfide) groups is 1. The molecule has 0 N–H and O–H groups in total. The third kappa shape index (κ3) is 3.10. The summed E-state index contributed by atoms with van der Waals surface area (Å²) in [6.45, 7) is 6.30. The zero-order chi connectivity index (χ0) is 8.97. The SMILES string of the molecule is CC(C)=COC(C)C1CCCS1.